The van der Waals surface area contributed by atoms with Crippen molar-refractivity contribution in [3.63, 3.8) is 0 Å². The van der Waals surface area contributed by atoms with Gasteiger partial charge in [-0.3, -0.25) is 4.79 Å². The maximum atomic E-state index is 13.1. The smallest absolute Gasteiger partial charge is 0.253 e. The van der Waals surface area contributed by atoms with Gasteiger partial charge in [-0.05, 0) is 18.2 Å². The summed E-state index contributed by atoms with van der Waals surface area (Å²) in [7, 11) is 0. The van der Waals surface area contributed by atoms with Gasteiger partial charge < -0.3 is 16.5 Å². The van der Waals surface area contributed by atoms with Crippen molar-refractivity contribution in [2.75, 3.05) is 5.73 Å². The second-order valence-electron chi connectivity index (χ2n) is 3.67. The maximum absolute atomic E-state index is 13.1. The molecule has 0 fully saturated rings. The summed E-state index contributed by atoms with van der Waals surface area (Å²) in [6, 6.07) is 7.38. The highest BCUT2D eigenvalue weighted by molar-refractivity contribution is 5.72. The second kappa shape index (κ2) is 4.39. The number of pyridine rings is 1. The third kappa shape index (κ3) is 2.19. The summed E-state index contributed by atoms with van der Waals surface area (Å²) >= 11 is 0. The van der Waals surface area contributed by atoms with Crippen LogP contribution in [0, 0.1) is 5.82 Å². The molecule has 0 radical (unpaired) electrons. The van der Waals surface area contributed by atoms with Crippen LogP contribution in [0.4, 0.5) is 10.1 Å². The Morgan fingerprint density at radius 3 is 2.71 bits per heavy atom. The van der Waals surface area contributed by atoms with E-state index >= 15 is 0 Å². The quantitative estimate of drug-likeness (QED) is 0.729. The number of hydrogen-bond acceptors (Lipinski definition) is 3. The topological polar surface area (TPSA) is 84.9 Å². The van der Waals surface area contributed by atoms with E-state index in [0.29, 0.717) is 22.5 Å². The number of halogens is 1. The monoisotopic (exact) mass is 233 g/mol. The first-order valence-corrected chi connectivity index (χ1v) is 5.09. The van der Waals surface area contributed by atoms with Gasteiger partial charge in [0.25, 0.3) is 5.56 Å². The van der Waals surface area contributed by atoms with Crippen LogP contribution in [-0.4, -0.2) is 4.98 Å². The van der Waals surface area contributed by atoms with Crippen molar-refractivity contribution in [2.24, 2.45) is 5.73 Å². The van der Waals surface area contributed by atoms with Gasteiger partial charge in [0, 0.05) is 17.7 Å². The number of nitrogens with one attached hydrogen (secondary N) is 1. The molecule has 0 spiro atoms. The Morgan fingerprint density at radius 2 is 2.06 bits per heavy atom. The van der Waals surface area contributed by atoms with Crippen LogP contribution in [0.3, 0.4) is 0 Å². The van der Waals surface area contributed by atoms with E-state index in [4.69, 9.17) is 11.5 Å². The molecule has 2 rings (SSSR count). The van der Waals surface area contributed by atoms with Crippen LogP contribution in [0.2, 0.25) is 0 Å². The molecule has 1 heterocycles. The van der Waals surface area contributed by atoms with E-state index in [9.17, 15) is 9.18 Å². The van der Waals surface area contributed by atoms with Gasteiger partial charge >= 0.3 is 0 Å². The molecule has 0 saturated heterocycles. The van der Waals surface area contributed by atoms with Gasteiger partial charge in [0.15, 0.2) is 0 Å². The Balaban J connectivity index is 2.61. The molecule has 1 aromatic heterocycles. The van der Waals surface area contributed by atoms with Crippen LogP contribution >= 0.6 is 0 Å². The number of aromatic amines is 1. The Kier molecular flexibility index (Phi) is 2.93. The van der Waals surface area contributed by atoms with E-state index in [0.717, 1.165) is 0 Å². The first-order valence-electron chi connectivity index (χ1n) is 5.09. The van der Waals surface area contributed by atoms with Crippen molar-refractivity contribution in [1.29, 1.82) is 0 Å². The summed E-state index contributed by atoms with van der Waals surface area (Å²) in [4.78, 5) is 14.2. The number of anilines is 1. The van der Waals surface area contributed by atoms with Crippen LogP contribution < -0.4 is 17.0 Å². The van der Waals surface area contributed by atoms with Gasteiger partial charge in [-0.1, -0.05) is 12.1 Å². The first kappa shape index (κ1) is 11.3. The highest BCUT2D eigenvalue weighted by atomic mass is 19.1. The average molecular weight is 233 g/mol. The molecule has 0 aliphatic rings. The molecule has 17 heavy (non-hydrogen) atoms. The molecular weight excluding hydrogens is 221 g/mol. The Labute approximate surface area is 97.1 Å². The summed E-state index contributed by atoms with van der Waals surface area (Å²) in [5, 5.41) is 0. The Bertz CT molecular complexity index is 607. The van der Waals surface area contributed by atoms with Gasteiger partial charge in [-0.15, -0.1) is 0 Å². The minimum absolute atomic E-state index is 0.114. The number of nitrogen functional groups attached to an aromatic ring is 1. The van der Waals surface area contributed by atoms with E-state index in [-0.39, 0.29) is 17.9 Å². The van der Waals surface area contributed by atoms with Crippen molar-refractivity contribution in [2.45, 2.75) is 6.54 Å². The lowest BCUT2D eigenvalue weighted by molar-refractivity contribution is 0.628. The molecule has 0 bridgehead atoms. The summed E-state index contributed by atoms with van der Waals surface area (Å²) in [6.45, 7) is 0.114. The molecule has 0 amide bonds. The van der Waals surface area contributed by atoms with E-state index in [1.807, 2.05) is 0 Å². The van der Waals surface area contributed by atoms with Gasteiger partial charge in [-0.2, -0.15) is 0 Å². The molecule has 0 atom stereocenters. The molecule has 88 valence electrons. The molecule has 0 aliphatic carbocycles. The zero-order valence-electron chi connectivity index (χ0n) is 9.03. The summed E-state index contributed by atoms with van der Waals surface area (Å²) in [5.74, 6) is -0.384. The molecule has 0 aliphatic heterocycles. The molecular formula is C12H12FN3O. The van der Waals surface area contributed by atoms with Gasteiger partial charge in [0.05, 0.1) is 11.4 Å². The van der Waals surface area contributed by atoms with Crippen molar-refractivity contribution in [3.05, 3.63) is 52.1 Å². The van der Waals surface area contributed by atoms with Crippen molar-refractivity contribution >= 4 is 5.69 Å². The third-order valence-corrected chi connectivity index (χ3v) is 2.48. The lowest BCUT2D eigenvalue weighted by atomic mass is 10.1. The lowest BCUT2D eigenvalue weighted by Gasteiger charge is -2.07. The fourth-order valence-electron chi connectivity index (χ4n) is 1.63. The number of H-pyrrole nitrogens is 1. The molecule has 5 N–H and O–H groups in total. The van der Waals surface area contributed by atoms with Gasteiger partial charge in [0.1, 0.15) is 5.82 Å². The van der Waals surface area contributed by atoms with Crippen LogP contribution in [0.25, 0.3) is 11.3 Å². The largest absolute Gasteiger partial charge is 0.397 e. The molecule has 0 saturated carbocycles. The number of aromatic nitrogens is 1. The lowest BCUT2D eigenvalue weighted by Crippen LogP contribution is -2.17. The minimum atomic E-state index is -0.384. The zero-order chi connectivity index (χ0) is 12.4. The minimum Gasteiger partial charge on any atom is -0.397 e. The van der Waals surface area contributed by atoms with Crippen molar-refractivity contribution in [1.82, 2.24) is 4.98 Å². The predicted molar refractivity (Wildman–Crippen MR) is 64.8 cm³/mol. The second-order valence-corrected chi connectivity index (χ2v) is 3.67. The SMILES string of the molecule is NCc1cc(N)c(-c2cccc(F)c2)[nH]c1=O. The fraction of sp³-hybridized carbons (Fsp3) is 0.0833. The molecule has 0 unspecified atom stereocenters. The average Bonchev–Trinajstić information content (AvgIpc) is 2.31. The molecule has 5 heteroatoms. The van der Waals surface area contributed by atoms with E-state index < -0.39 is 0 Å². The van der Waals surface area contributed by atoms with E-state index in [1.54, 1.807) is 12.1 Å². The Morgan fingerprint density at radius 1 is 1.29 bits per heavy atom. The van der Waals surface area contributed by atoms with E-state index in [2.05, 4.69) is 4.98 Å². The number of nitrogens with two attached hydrogens (primary N) is 2. The number of benzene rings is 1. The maximum Gasteiger partial charge on any atom is 0.253 e. The predicted octanol–water partition coefficient (Wildman–Crippen LogP) is 1.22. The third-order valence-electron chi connectivity index (χ3n) is 2.48. The van der Waals surface area contributed by atoms with Crippen LogP contribution in [0.5, 0.6) is 0 Å². The van der Waals surface area contributed by atoms with Crippen LogP contribution in [0.1, 0.15) is 5.56 Å². The summed E-state index contributed by atoms with van der Waals surface area (Å²) in [6.07, 6.45) is 0. The standard InChI is InChI=1S/C12H12FN3O/c13-9-3-1-2-7(4-9)11-10(15)5-8(6-14)12(17)16-11/h1-5H,6,14-15H2,(H,16,17). The van der Waals surface area contributed by atoms with Crippen LogP contribution in [0.15, 0.2) is 35.1 Å². The Hall–Kier alpha value is -2.14. The summed E-state index contributed by atoms with van der Waals surface area (Å²) < 4.78 is 13.1. The zero-order valence-corrected chi connectivity index (χ0v) is 9.03. The van der Waals surface area contributed by atoms with Crippen molar-refractivity contribution < 1.29 is 4.39 Å². The van der Waals surface area contributed by atoms with E-state index in [1.165, 1.54) is 18.2 Å². The molecule has 1 aromatic carbocycles. The van der Waals surface area contributed by atoms with Crippen molar-refractivity contribution in [3.8, 4) is 11.3 Å². The highest BCUT2D eigenvalue weighted by Crippen LogP contribution is 2.23. The van der Waals surface area contributed by atoms with Gasteiger partial charge in [0.2, 0.25) is 0 Å². The van der Waals surface area contributed by atoms with Gasteiger partial charge in [-0.25, -0.2) is 4.39 Å². The molecule has 4 nitrogen and oxygen atoms in total. The summed E-state index contributed by atoms with van der Waals surface area (Å²) in [5.41, 5.74) is 12.6. The molecule has 2 aromatic rings. The first-order chi connectivity index (χ1) is 8.11. The fourth-order valence-corrected chi connectivity index (χ4v) is 1.63. The number of rotatable bonds is 2. The number of hydrogen-bond donors (Lipinski definition) is 3. The normalized spacial score (nSPS) is 10.5. The highest BCUT2D eigenvalue weighted by Gasteiger charge is 2.07. The van der Waals surface area contributed by atoms with Crippen LogP contribution in [-0.2, 0) is 6.54 Å².